The van der Waals surface area contributed by atoms with Gasteiger partial charge in [-0.05, 0) is 49.7 Å². The highest BCUT2D eigenvalue weighted by Gasteiger charge is 2.07. The molecule has 0 saturated carbocycles. The molecular formula is C17H18N2O3. The second-order valence-electron chi connectivity index (χ2n) is 4.69. The molecule has 114 valence electrons. The summed E-state index contributed by atoms with van der Waals surface area (Å²) in [4.78, 5) is 23.5. The van der Waals surface area contributed by atoms with Crippen molar-refractivity contribution in [3.8, 4) is 0 Å². The van der Waals surface area contributed by atoms with Crippen LogP contribution in [0.1, 0.15) is 22.8 Å². The monoisotopic (exact) mass is 298 g/mol. The summed E-state index contributed by atoms with van der Waals surface area (Å²) in [6, 6.07) is 13.7. The van der Waals surface area contributed by atoms with Crippen LogP contribution in [0.4, 0.5) is 16.2 Å². The maximum Gasteiger partial charge on any atom is 0.338 e. The van der Waals surface area contributed by atoms with E-state index in [9.17, 15) is 9.59 Å². The van der Waals surface area contributed by atoms with Crippen LogP contribution in [0.15, 0.2) is 48.5 Å². The zero-order valence-electron chi connectivity index (χ0n) is 12.6. The van der Waals surface area contributed by atoms with E-state index >= 15 is 0 Å². The minimum atomic E-state index is -0.376. The van der Waals surface area contributed by atoms with Gasteiger partial charge in [0.25, 0.3) is 0 Å². The molecule has 0 radical (unpaired) electrons. The van der Waals surface area contributed by atoms with Crippen LogP contribution in [0.5, 0.6) is 0 Å². The molecule has 2 amide bonds. The molecule has 0 spiro atoms. The van der Waals surface area contributed by atoms with Crippen LogP contribution < -0.4 is 10.6 Å². The summed E-state index contributed by atoms with van der Waals surface area (Å²) >= 11 is 0. The number of aryl methyl sites for hydroxylation is 1. The largest absolute Gasteiger partial charge is 0.462 e. The van der Waals surface area contributed by atoms with Crippen LogP contribution in [0.25, 0.3) is 0 Å². The summed E-state index contributed by atoms with van der Waals surface area (Å²) in [6.45, 7) is 4.01. The molecule has 0 unspecified atom stereocenters. The molecule has 0 atom stereocenters. The van der Waals surface area contributed by atoms with E-state index in [1.807, 2.05) is 31.2 Å². The van der Waals surface area contributed by atoms with Gasteiger partial charge >= 0.3 is 12.0 Å². The fourth-order valence-electron chi connectivity index (χ4n) is 1.90. The van der Waals surface area contributed by atoms with Gasteiger partial charge in [-0.15, -0.1) is 0 Å². The van der Waals surface area contributed by atoms with Gasteiger partial charge in [-0.1, -0.05) is 18.2 Å². The molecule has 2 N–H and O–H groups in total. The second-order valence-corrected chi connectivity index (χ2v) is 4.69. The lowest BCUT2D eigenvalue weighted by atomic mass is 10.2. The number of anilines is 2. The molecule has 0 aromatic heterocycles. The van der Waals surface area contributed by atoms with Crippen molar-refractivity contribution in [2.24, 2.45) is 0 Å². The van der Waals surface area contributed by atoms with Crippen LogP contribution >= 0.6 is 0 Å². The van der Waals surface area contributed by atoms with E-state index in [1.165, 1.54) is 0 Å². The molecule has 0 aliphatic rings. The third kappa shape index (κ3) is 4.09. The van der Waals surface area contributed by atoms with E-state index in [0.29, 0.717) is 17.9 Å². The summed E-state index contributed by atoms with van der Waals surface area (Å²) in [5.41, 5.74) is 2.78. The molecule has 0 bridgehead atoms. The highest BCUT2D eigenvalue weighted by atomic mass is 16.5. The molecular weight excluding hydrogens is 280 g/mol. The van der Waals surface area contributed by atoms with Crippen molar-refractivity contribution < 1.29 is 14.3 Å². The first-order valence-corrected chi connectivity index (χ1v) is 7.01. The number of carbonyl (C=O) groups is 2. The van der Waals surface area contributed by atoms with Gasteiger partial charge in [0.15, 0.2) is 0 Å². The van der Waals surface area contributed by atoms with Crippen molar-refractivity contribution in [2.45, 2.75) is 13.8 Å². The number of nitrogens with one attached hydrogen (secondary N) is 2. The van der Waals surface area contributed by atoms with Crippen molar-refractivity contribution in [1.29, 1.82) is 0 Å². The number of hydrogen-bond acceptors (Lipinski definition) is 3. The van der Waals surface area contributed by atoms with Gasteiger partial charge in [0, 0.05) is 11.4 Å². The Morgan fingerprint density at radius 1 is 1.00 bits per heavy atom. The molecule has 2 rings (SSSR count). The van der Waals surface area contributed by atoms with E-state index in [-0.39, 0.29) is 12.0 Å². The lowest BCUT2D eigenvalue weighted by Crippen LogP contribution is -2.20. The Morgan fingerprint density at radius 2 is 1.68 bits per heavy atom. The first kappa shape index (κ1) is 15.6. The summed E-state index contributed by atoms with van der Waals surface area (Å²) in [7, 11) is 0. The van der Waals surface area contributed by atoms with Gasteiger partial charge in [-0.3, -0.25) is 0 Å². The lowest BCUT2D eigenvalue weighted by Gasteiger charge is -2.10. The number of esters is 1. The highest BCUT2D eigenvalue weighted by molar-refractivity contribution is 6.00. The number of urea groups is 1. The molecule has 0 aliphatic heterocycles. The van der Waals surface area contributed by atoms with E-state index in [1.54, 1.807) is 31.2 Å². The number of carbonyl (C=O) groups excluding carboxylic acids is 2. The van der Waals surface area contributed by atoms with Gasteiger partial charge in [0.05, 0.1) is 12.2 Å². The summed E-state index contributed by atoms with van der Waals surface area (Å²) in [6.07, 6.45) is 0. The SMILES string of the molecule is CCOC(=O)c1ccc(NC(=O)Nc2ccccc2C)cc1. The van der Waals surface area contributed by atoms with Crippen LogP contribution in [0, 0.1) is 6.92 Å². The smallest absolute Gasteiger partial charge is 0.338 e. The summed E-state index contributed by atoms with van der Waals surface area (Å²) < 4.78 is 4.90. The Hall–Kier alpha value is -2.82. The Labute approximate surface area is 129 Å². The fraction of sp³-hybridized carbons (Fsp3) is 0.176. The van der Waals surface area contributed by atoms with Crippen molar-refractivity contribution >= 4 is 23.4 Å². The molecule has 0 saturated heterocycles. The summed E-state index contributed by atoms with van der Waals surface area (Å²) in [5, 5.41) is 5.49. The molecule has 2 aromatic carbocycles. The Kier molecular flexibility index (Phi) is 5.14. The van der Waals surface area contributed by atoms with Crippen LogP contribution in [-0.2, 0) is 4.74 Å². The topological polar surface area (TPSA) is 67.4 Å². The number of amides is 2. The van der Waals surface area contributed by atoms with Crippen molar-refractivity contribution in [3.05, 3.63) is 59.7 Å². The fourth-order valence-corrected chi connectivity index (χ4v) is 1.90. The molecule has 0 heterocycles. The maximum absolute atomic E-state index is 11.9. The minimum absolute atomic E-state index is 0.331. The lowest BCUT2D eigenvalue weighted by molar-refractivity contribution is 0.0526. The number of ether oxygens (including phenoxy) is 1. The van der Waals surface area contributed by atoms with Gasteiger partial charge in [0.1, 0.15) is 0 Å². The molecule has 5 nitrogen and oxygen atoms in total. The predicted octanol–water partition coefficient (Wildman–Crippen LogP) is 3.82. The van der Waals surface area contributed by atoms with E-state index in [4.69, 9.17) is 4.74 Å². The number of benzene rings is 2. The number of hydrogen-bond donors (Lipinski definition) is 2. The van der Waals surface area contributed by atoms with Gasteiger partial charge in [-0.2, -0.15) is 0 Å². The van der Waals surface area contributed by atoms with Crippen LogP contribution in [-0.4, -0.2) is 18.6 Å². The zero-order chi connectivity index (χ0) is 15.9. The third-order valence-electron chi connectivity index (χ3n) is 3.05. The molecule has 0 aliphatic carbocycles. The Bertz CT molecular complexity index is 666. The van der Waals surface area contributed by atoms with Crippen molar-refractivity contribution in [1.82, 2.24) is 0 Å². The van der Waals surface area contributed by atoms with Crippen molar-refractivity contribution in [3.63, 3.8) is 0 Å². The third-order valence-corrected chi connectivity index (χ3v) is 3.05. The quantitative estimate of drug-likeness (QED) is 0.843. The zero-order valence-corrected chi connectivity index (χ0v) is 12.6. The number of para-hydroxylation sites is 1. The average Bonchev–Trinajstić information content (AvgIpc) is 2.50. The van der Waals surface area contributed by atoms with E-state index < -0.39 is 0 Å². The Balaban J connectivity index is 1.97. The minimum Gasteiger partial charge on any atom is -0.462 e. The van der Waals surface area contributed by atoms with Crippen LogP contribution in [0.2, 0.25) is 0 Å². The molecule has 5 heteroatoms. The first-order chi connectivity index (χ1) is 10.6. The maximum atomic E-state index is 11.9. The van der Waals surface area contributed by atoms with E-state index in [2.05, 4.69) is 10.6 Å². The highest BCUT2D eigenvalue weighted by Crippen LogP contribution is 2.15. The van der Waals surface area contributed by atoms with E-state index in [0.717, 1.165) is 11.3 Å². The summed E-state index contributed by atoms with van der Waals surface area (Å²) in [5.74, 6) is -0.376. The standard InChI is InChI=1S/C17H18N2O3/c1-3-22-16(20)13-8-10-14(11-9-13)18-17(21)19-15-7-5-4-6-12(15)2/h4-11H,3H2,1-2H3,(H2,18,19,21). The van der Waals surface area contributed by atoms with Gasteiger partial charge in [0.2, 0.25) is 0 Å². The average molecular weight is 298 g/mol. The molecule has 22 heavy (non-hydrogen) atoms. The van der Waals surface area contributed by atoms with Gasteiger partial charge in [-0.25, -0.2) is 9.59 Å². The van der Waals surface area contributed by atoms with Crippen molar-refractivity contribution in [2.75, 3.05) is 17.2 Å². The number of rotatable bonds is 4. The Morgan fingerprint density at radius 3 is 2.32 bits per heavy atom. The molecule has 0 fully saturated rings. The second kappa shape index (κ2) is 7.26. The molecule has 2 aromatic rings. The normalized spacial score (nSPS) is 9.91. The van der Waals surface area contributed by atoms with Crippen LogP contribution in [0.3, 0.4) is 0 Å². The van der Waals surface area contributed by atoms with Gasteiger partial charge < -0.3 is 15.4 Å². The predicted molar refractivity (Wildman–Crippen MR) is 86.2 cm³/mol. The first-order valence-electron chi connectivity index (χ1n) is 7.01.